The first-order valence-corrected chi connectivity index (χ1v) is 4.44. The van der Waals surface area contributed by atoms with Crippen LogP contribution in [0.2, 0.25) is 0 Å². The summed E-state index contributed by atoms with van der Waals surface area (Å²) in [6, 6.07) is 0. The highest BCUT2D eigenvalue weighted by Crippen LogP contribution is 2.00. The van der Waals surface area contributed by atoms with Gasteiger partial charge in [-0.15, -0.1) is 5.10 Å². The molecular formula is C7H11N5O2. The van der Waals surface area contributed by atoms with Gasteiger partial charge in [0.15, 0.2) is 5.82 Å². The fourth-order valence-corrected chi connectivity index (χ4v) is 1.32. The van der Waals surface area contributed by atoms with Gasteiger partial charge in [-0.1, -0.05) is 0 Å². The highest BCUT2D eigenvalue weighted by molar-refractivity contribution is 5.77. The fraction of sp³-hybridized carbons (Fsp3) is 0.714. The molecule has 1 N–H and O–H groups in total. The summed E-state index contributed by atoms with van der Waals surface area (Å²) >= 11 is 0. The minimum absolute atomic E-state index is 0.0341. The Bertz CT molecular complexity index is 293. The number of aromatic amines is 1. The van der Waals surface area contributed by atoms with E-state index in [-0.39, 0.29) is 12.3 Å². The van der Waals surface area contributed by atoms with Crippen molar-refractivity contribution in [2.75, 3.05) is 26.3 Å². The van der Waals surface area contributed by atoms with Crippen LogP contribution in [0, 0.1) is 0 Å². The van der Waals surface area contributed by atoms with Crippen molar-refractivity contribution >= 4 is 5.91 Å². The van der Waals surface area contributed by atoms with Crippen LogP contribution >= 0.6 is 0 Å². The molecule has 2 rings (SSSR count). The average Bonchev–Trinajstić information content (AvgIpc) is 2.72. The number of hydrogen-bond acceptors (Lipinski definition) is 5. The molecule has 0 bridgehead atoms. The predicted molar refractivity (Wildman–Crippen MR) is 45.3 cm³/mol. The molecule has 1 aliphatic heterocycles. The second-order valence-corrected chi connectivity index (χ2v) is 3.02. The third-order valence-corrected chi connectivity index (χ3v) is 2.07. The van der Waals surface area contributed by atoms with Crippen LogP contribution in [0.3, 0.4) is 0 Å². The number of aromatic nitrogens is 4. The van der Waals surface area contributed by atoms with E-state index in [1.165, 1.54) is 0 Å². The number of H-pyrrole nitrogens is 1. The monoisotopic (exact) mass is 197 g/mol. The zero-order valence-corrected chi connectivity index (χ0v) is 7.64. The van der Waals surface area contributed by atoms with Crippen LogP contribution in [0.25, 0.3) is 0 Å². The van der Waals surface area contributed by atoms with Crippen LogP contribution in [0.15, 0.2) is 0 Å². The van der Waals surface area contributed by atoms with E-state index in [1.807, 2.05) is 0 Å². The first-order valence-electron chi connectivity index (χ1n) is 4.44. The summed E-state index contributed by atoms with van der Waals surface area (Å²) in [4.78, 5) is 13.4. The number of tetrazole rings is 1. The van der Waals surface area contributed by atoms with Gasteiger partial charge in [0.05, 0.1) is 19.6 Å². The summed E-state index contributed by atoms with van der Waals surface area (Å²) in [6.07, 6.45) is 0.229. The van der Waals surface area contributed by atoms with E-state index in [4.69, 9.17) is 4.74 Å². The topological polar surface area (TPSA) is 84.0 Å². The largest absolute Gasteiger partial charge is 0.378 e. The van der Waals surface area contributed by atoms with Crippen molar-refractivity contribution in [2.24, 2.45) is 0 Å². The van der Waals surface area contributed by atoms with Gasteiger partial charge in [-0.25, -0.2) is 5.10 Å². The van der Waals surface area contributed by atoms with Crippen molar-refractivity contribution in [3.05, 3.63) is 5.82 Å². The molecule has 7 nitrogen and oxygen atoms in total. The van der Waals surface area contributed by atoms with E-state index in [0.717, 1.165) is 0 Å². The third-order valence-electron chi connectivity index (χ3n) is 2.07. The van der Waals surface area contributed by atoms with E-state index >= 15 is 0 Å². The van der Waals surface area contributed by atoms with Crippen molar-refractivity contribution in [1.82, 2.24) is 25.5 Å². The zero-order chi connectivity index (χ0) is 9.80. The molecule has 1 saturated heterocycles. The van der Waals surface area contributed by atoms with Crippen LogP contribution < -0.4 is 0 Å². The molecule has 0 spiro atoms. The van der Waals surface area contributed by atoms with Gasteiger partial charge in [0, 0.05) is 13.1 Å². The lowest BCUT2D eigenvalue weighted by Gasteiger charge is -2.26. The predicted octanol–water partition coefficient (Wildman–Crippen LogP) is -1.40. The van der Waals surface area contributed by atoms with E-state index in [1.54, 1.807) is 4.90 Å². The number of hydrogen-bond donors (Lipinski definition) is 1. The molecule has 0 radical (unpaired) electrons. The van der Waals surface area contributed by atoms with Gasteiger partial charge in [-0.3, -0.25) is 4.79 Å². The fourth-order valence-electron chi connectivity index (χ4n) is 1.32. The molecule has 1 fully saturated rings. The molecule has 0 aliphatic carbocycles. The van der Waals surface area contributed by atoms with Crippen LogP contribution in [-0.4, -0.2) is 57.7 Å². The minimum atomic E-state index is 0.0341. The minimum Gasteiger partial charge on any atom is -0.378 e. The Morgan fingerprint density at radius 3 is 2.93 bits per heavy atom. The van der Waals surface area contributed by atoms with Crippen molar-refractivity contribution in [2.45, 2.75) is 6.42 Å². The van der Waals surface area contributed by atoms with Gasteiger partial charge in [-0.2, -0.15) is 0 Å². The molecule has 1 amide bonds. The second-order valence-electron chi connectivity index (χ2n) is 3.02. The van der Waals surface area contributed by atoms with Gasteiger partial charge < -0.3 is 9.64 Å². The maximum Gasteiger partial charge on any atom is 0.230 e. The van der Waals surface area contributed by atoms with Crippen molar-refractivity contribution in [1.29, 1.82) is 0 Å². The smallest absolute Gasteiger partial charge is 0.230 e. The lowest BCUT2D eigenvalue weighted by atomic mass is 10.3. The second kappa shape index (κ2) is 4.14. The van der Waals surface area contributed by atoms with E-state index < -0.39 is 0 Å². The Hall–Kier alpha value is -1.50. The molecule has 0 aromatic carbocycles. The highest BCUT2D eigenvalue weighted by Gasteiger charge is 2.17. The Morgan fingerprint density at radius 1 is 1.50 bits per heavy atom. The highest BCUT2D eigenvalue weighted by atomic mass is 16.5. The molecule has 0 atom stereocenters. The first kappa shape index (κ1) is 9.07. The molecule has 0 unspecified atom stereocenters. The molecule has 7 heteroatoms. The number of ether oxygens (including phenoxy) is 1. The number of carbonyl (C=O) groups is 1. The molecule has 14 heavy (non-hydrogen) atoms. The summed E-state index contributed by atoms with van der Waals surface area (Å²) in [7, 11) is 0. The summed E-state index contributed by atoms with van der Waals surface area (Å²) in [5, 5.41) is 13.0. The first-order chi connectivity index (χ1) is 6.86. The summed E-state index contributed by atoms with van der Waals surface area (Å²) in [5.41, 5.74) is 0. The van der Waals surface area contributed by atoms with Crippen molar-refractivity contribution < 1.29 is 9.53 Å². The molecular weight excluding hydrogens is 186 g/mol. The van der Waals surface area contributed by atoms with Crippen molar-refractivity contribution in [3.8, 4) is 0 Å². The number of amides is 1. The molecule has 2 heterocycles. The molecule has 1 aromatic heterocycles. The number of morpholine rings is 1. The molecule has 1 aliphatic rings. The van der Waals surface area contributed by atoms with Gasteiger partial charge in [0.1, 0.15) is 0 Å². The molecule has 0 saturated carbocycles. The maximum absolute atomic E-state index is 11.6. The van der Waals surface area contributed by atoms with E-state index in [2.05, 4.69) is 20.6 Å². The number of rotatable bonds is 2. The third kappa shape index (κ3) is 2.05. The summed E-state index contributed by atoms with van der Waals surface area (Å²) in [6.45, 7) is 2.53. The normalized spacial score (nSPS) is 17.0. The summed E-state index contributed by atoms with van der Waals surface area (Å²) < 4.78 is 5.14. The number of carbonyl (C=O) groups excluding carboxylic acids is 1. The SMILES string of the molecule is O=C(Cc1nnn[nH]1)N1CCOCC1. The number of nitrogens with zero attached hydrogens (tertiary/aromatic N) is 4. The van der Waals surface area contributed by atoms with E-state index in [0.29, 0.717) is 32.1 Å². The average molecular weight is 197 g/mol. The van der Waals surface area contributed by atoms with Gasteiger partial charge in [-0.05, 0) is 10.4 Å². The van der Waals surface area contributed by atoms with Gasteiger partial charge in [0.25, 0.3) is 0 Å². The quantitative estimate of drug-likeness (QED) is 0.630. The standard InChI is InChI=1S/C7H11N5O2/c13-7(5-6-8-10-11-9-6)12-1-3-14-4-2-12/h1-5H2,(H,8,9,10,11). The van der Waals surface area contributed by atoms with Crippen LogP contribution in [0.5, 0.6) is 0 Å². The Kier molecular flexibility index (Phi) is 2.68. The maximum atomic E-state index is 11.6. The molecule has 76 valence electrons. The Balaban J connectivity index is 1.88. The van der Waals surface area contributed by atoms with Crippen LogP contribution in [0.1, 0.15) is 5.82 Å². The van der Waals surface area contributed by atoms with Crippen LogP contribution in [0.4, 0.5) is 0 Å². The van der Waals surface area contributed by atoms with E-state index in [9.17, 15) is 4.79 Å². The van der Waals surface area contributed by atoms with Gasteiger partial charge in [0.2, 0.25) is 5.91 Å². The summed E-state index contributed by atoms with van der Waals surface area (Å²) in [5.74, 6) is 0.536. The number of nitrogens with one attached hydrogen (secondary N) is 1. The van der Waals surface area contributed by atoms with Crippen LogP contribution in [-0.2, 0) is 16.0 Å². The lowest BCUT2D eigenvalue weighted by molar-refractivity contribution is -0.134. The Morgan fingerprint density at radius 2 is 2.29 bits per heavy atom. The zero-order valence-electron chi connectivity index (χ0n) is 7.64. The van der Waals surface area contributed by atoms with Gasteiger partial charge >= 0.3 is 0 Å². The Labute approximate surface area is 80.4 Å². The van der Waals surface area contributed by atoms with Crippen molar-refractivity contribution in [3.63, 3.8) is 0 Å². The molecule has 1 aromatic rings. The lowest BCUT2D eigenvalue weighted by Crippen LogP contribution is -2.41.